The Morgan fingerprint density at radius 1 is 0.913 bits per heavy atom. The normalized spacial score (nSPS) is 32.1. The average Bonchev–Trinajstić information content (AvgIpc) is 3.68. The van der Waals surface area contributed by atoms with Crippen molar-refractivity contribution in [2.75, 3.05) is 11.4 Å². The molecule has 1 amide bonds. The number of alkyl halides is 6. The lowest BCUT2D eigenvalue weighted by molar-refractivity contribution is -0.211. The fraction of sp³-hybridized carbons (Fsp3) is 0.559. The van der Waals surface area contributed by atoms with E-state index in [0.29, 0.717) is 37.3 Å². The highest BCUT2D eigenvalue weighted by molar-refractivity contribution is 6.00. The Balaban J connectivity index is 1.04. The van der Waals surface area contributed by atoms with Crippen LogP contribution in [-0.4, -0.2) is 41.0 Å². The van der Waals surface area contributed by atoms with E-state index in [9.17, 15) is 31.1 Å². The molecular weight excluding hydrogens is 612 g/mol. The summed E-state index contributed by atoms with van der Waals surface area (Å²) in [5.74, 6) is -0.00103. The van der Waals surface area contributed by atoms with Crippen molar-refractivity contribution in [1.29, 1.82) is 0 Å². The van der Waals surface area contributed by atoms with Crippen LogP contribution in [0.2, 0.25) is 0 Å². The van der Waals surface area contributed by atoms with E-state index in [0.717, 1.165) is 30.4 Å². The third-order valence-corrected chi connectivity index (χ3v) is 11.7. The van der Waals surface area contributed by atoms with Crippen molar-refractivity contribution in [3.8, 4) is 16.9 Å². The summed E-state index contributed by atoms with van der Waals surface area (Å²) in [5.41, 5.74) is -2.37. The van der Waals surface area contributed by atoms with Gasteiger partial charge in [0.1, 0.15) is 16.8 Å². The Hall–Kier alpha value is -3.57. The van der Waals surface area contributed by atoms with Gasteiger partial charge in [-0.15, -0.1) is 0 Å². The molecule has 10 rings (SSSR count). The molecule has 0 N–H and O–H groups in total. The molecular formula is C34H33F6N3O3. The van der Waals surface area contributed by atoms with Gasteiger partial charge in [-0.3, -0.25) is 4.79 Å². The smallest absolute Gasteiger partial charge is 0.403 e. The van der Waals surface area contributed by atoms with Gasteiger partial charge in [-0.25, -0.2) is 4.39 Å². The van der Waals surface area contributed by atoms with E-state index in [-0.39, 0.29) is 55.1 Å². The number of rotatable bonds is 9. The molecule has 46 heavy (non-hydrogen) atoms. The number of fused-ring (bicyclic) bond motifs is 3. The van der Waals surface area contributed by atoms with Crippen molar-refractivity contribution in [3.63, 3.8) is 0 Å². The summed E-state index contributed by atoms with van der Waals surface area (Å²) in [6, 6.07) is 13.8. The number of hydrogen-bond donors (Lipinski definition) is 0. The Bertz CT molecular complexity index is 1640. The van der Waals surface area contributed by atoms with Crippen LogP contribution in [0.1, 0.15) is 82.3 Å². The number of nitrogens with zero attached hydrogens (tertiary/aromatic N) is 3. The Labute approximate surface area is 261 Å². The molecule has 4 bridgehead atoms. The van der Waals surface area contributed by atoms with Gasteiger partial charge >= 0.3 is 12.8 Å². The van der Waals surface area contributed by atoms with Crippen LogP contribution in [0.15, 0.2) is 53.1 Å². The van der Waals surface area contributed by atoms with Gasteiger partial charge in [0.15, 0.2) is 5.82 Å². The van der Waals surface area contributed by atoms with Gasteiger partial charge in [0, 0.05) is 17.6 Å². The molecule has 2 aromatic carbocycles. The van der Waals surface area contributed by atoms with Gasteiger partial charge in [-0.05, 0) is 111 Å². The van der Waals surface area contributed by atoms with Crippen molar-refractivity contribution < 1.29 is 40.4 Å². The predicted molar refractivity (Wildman–Crippen MR) is 154 cm³/mol. The zero-order chi connectivity index (χ0) is 32.2. The summed E-state index contributed by atoms with van der Waals surface area (Å²) in [7, 11) is 0. The molecule has 7 saturated carbocycles. The molecule has 0 atom stereocenters. The van der Waals surface area contributed by atoms with Crippen molar-refractivity contribution >= 4 is 11.6 Å². The molecule has 0 radical (unpaired) electrons. The molecule has 1 aromatic heterocycles. The Morgan fingerprint density at radius 3 is 2.13 bits per heavy atom. The molecule has 0 saturated heterocycles. The molecule has 0 spiro atoms. The lowest BCUT2D eigenvalue weighted by atomic mass is 9.41. The molecule has 6 nitrogen and oxygen atoms in total. The minimum atomic E-state index is -4.43. The highest BCUT2D eigenvalue weighted by Gasteiger charge is 2.74. The lowest BCUT2D eigenvalue weighted by Crippen LogP contribution is -2.71. The van der Waals surface area contributed by atoms with Gasteiger partial charge < -0.3 is 14.2 Å². The molecule has 7 aliphatic carbocycles. The van der Waals surface area contributed by atoms with Crippen molar-refractivity contribution in [3.05, 3.63) is 60.2 Å². The van der Waals surface area contributed by atoms with Crippen LogP contribution in [-0.2, 0) is 15.6 Å². The third-order valence-electron chi connectivity index (χ3n) is 11.7. The highest BCUT2D eigenvalue weighted by Crippen LogP contribution is 2.70. The number of carbonyl (C=O) groups is 1. The highest BCUT2D eigenvalue weighted by atomic mass is 19.4. The standard InChI is InChI=1S/C34H33F6N3O3/c35-28(36)45-24-6-4-21(5-7-24)22-2-1-3-23(16-22)43(27(44)31-17-32(37,18-31)19-31)20-29-8-11-30(12-9-29,13-10-29)25-41-26(46-42-25)33(14-15-33)34(38,39)40/h1-7,16,28H,8-15,17-20H2. The fourth-order valence-corrected chi connectivity index (χ4v) is 8.69. The zero-order valence-corrected chi connectivity index (χ0v) is 25.0. The van der Waals surface area contributed by atoms with Crippen LogP contribution in [0.5, 0.6) is 5.75 Å². The van der Waals surface area contributed by atoms with Gasteiger partial charge in [-0.2, -0.15) is 26.9 Å². The second-order valence-corrected chi connectivity index (χ2v) is 14.6. The number of amides is 1. The first-order chi connectivity index (χ1) is 21.8. The van der Waals surface area contributed by atoms with Crippen LogP contribution < -0.4 is 9.64 Å². The summed E-state index contributed by atoms with van der Waals surface area (Å²) in [6.45, 7) is -2.48. The molecule has 7 aliphatic rings. The third kappa shape index (κ3) is 4.56. The van der Waals surface area contributed by atoms with Crippen LogP contribution in [0.25, 0.3) is 11.1 Å². The average molecular weight is 646 g/mol. The number of hydrogen-bond acceptors (Lipinski definition) is 5. The molecule has 0 aliphatic heterocycles. The fourth-order valence-electron chi connectivity index (χ4n) is 8.69. The van der Waals surface area contributed by atoms with Gasteiger partial charge in [-0.1, -0.05) is 29.4 Å². The Kier molecular flexibility index (Phi) is 6.30. The minimum Gasteiger partial charge on any atom is -0.435 e. The Morgan fingerprint density at radius 2 is 1.57 bits per heavy atom. The monoisotopic (exact) mass is 645 g/mol. The lowest BCUT2D eigenvalue weighted by Gasteiger charge is -2.65. The maximum Gasteiger partial charge on any atom is 0.403 e. The molecule has 1 heterocycles. The van der Waals surface area contributed by atoms with E-state index in [1.165, 1.54) is 12.1 Å². The first kappa shape index (κ1) is 29.8. The maximum absolute atomic E-state index is 14.6. The first-order valence-corrected chi connectivity index (χ1v) is 15.9. The summed E-state index contributed by atoms with van der Waals surface area (Å²) in [5, 5.41) is 4.08. The van der Waals surface area contributed by atoms with E-state index in [1.54, 1.807) is 12.1 Å². The number of benzene rings is 2. The SMILES string of the molecule is O=C(N(CC12CCC(c3noc(C4(C(F)(F)F)CC4)n3)(CC1)CC2)c1cccc(-c2ccc(OC(F)F)cc2)c1)C12CC(F)(C1)C2. The van der Waals surface area contributed by atoms with E-state index in [2.05, 4.69) is 14.9 Å². The predicted octanol–water partition coefficient (Wildman–Crippen LogP) is 8.45. The number of ether oxygens (including phenoxy) is 1. The summed E-state index contributed by atoms with van der Waals surface area (Å²) in [6.07, 6.45) is 0.471. The molecule has 12 heteroatoms. The van der Waals surface area contributed by atoms with Crippen molar-refractivity contribution in [2.24, 2.45) is 10.8 Å². The first-order valence-electron chi connectivity index (χ1n) is 15.9. The molecule has 7 fully saturated rings. The second-order valence-electron chi connectivity index (χ2n) is 14.6. The number of carbonyl (C=O) groups excluding carboxylic acids is 1. The van der Waals surface area contributed by atoms with E-state index in [4.69, 9.17) is 4.52 Å². The number of aromatic nitrogens is 2. The second kappa shape index (κ2) is 9.73. The van der Waals surface area contributed by atoms with Crippen LogP contribution in [0, 0.1) is 10.8 Å². The van der Waals surface area contributed by atoms with Gasteiger partial charge in [0.05, 0.1) is 5.41 Å². The molecule has 244 valence electrons. The quantitative estimate of drug-likeness (QED) is 0.219. The van der Waals surface area contributed by atoms with Gasteiger partial charge in [0.25, 0.3) is 0 Å². The van der Waals surface area contributed by atoms with Gasteiger partial charge in [0.2, 0.25) is 11.8 Å². The number of anilines is 1. The van der Waals surface area contributed by atoms with E-state index in [1.807, 2.05) is 29.2 Å². The largest absolute Gasteiger partial charge is 0.435 e. The van der Waals surface area contributed by atoms with Crippen LogP contribution in [0.4, 0.5) is 32.0 Å². The van der Waals surface area contributed by atoms with Crippen LogP contribution >= 0.6 is 0 Å². The van der Waals surface area contributed by atoms with Crippen molar-refractivity contribution in [1.82, 2.24) is 10.1 Å². The molecule has 0 unspecified atom stereocenters. The van der Waals surface area contributed by atoms with Crippen LogP contribution in [0.3, 0.4) is 0 Å². The molecule has 3 aromatic rings. The maximum atomic E-state index is 14.6. The minimum absolute atomic E-state index is 0.0389. The topological polar surface area (TPSA) is 68.5 Å². The van der Waals surface area contributed by atoms with E-state index < -0.39 is 34.7 Å². The summed E-state index contributed by atoms with van der Waals surface area (Å²) in [4.78, 5) is 20.3. The summed E-state index contributed by atoms with van der Waals surface area (Å²) >= 11 is 0. The summed E-state index contributed by atoms with van der Waals surface area (Å²) < 4.78 is 90.7. The van der Waals surface area contributed by atoms with E-state index >= 15 is 0 Å². The zero-order valence-electron chi connectivity index (χ0n) is 25.0. The number of halogens is 6. The van der Waals surface area contributed by atoms with Crippen molar-refractivity contribution in [2.45, 2.75) is 99.9 Å².